The Labute approximate surface area is 69.5 Å². The molecule has 0 heterocycles. The van der Waals surface area contributed by atoms with Crippen LogP contribution in [0.15, 0.2) is 0 Å². The van der Waals surface area contributed by atoms with E-state index < -0.39 is 0 Å². The van der Waals surface area contributed by atoms with Crippen molar-refractivity contribution in [3.63, 3.8) is 0 Å². The van der Waals surface area contributed by atoms with Crippen LogP contribution in [-0.2, 0) is 25.3 Å². The van der Waals surface area contributed by atoms with E-state index in [1.54, 1.807) is 0 Å². The summed E-state index contributed by atoms with van der Waals surface area (Å²) in [4.78, 5) is 0. The van der Waals surface area contributed by atoms with Gasteiger partial charge in [0.05, 0.1) is 0 Å². The van der Waals surface area contributed by atoms with Gasteiger partial charge in [0.15, 0.2) is 0 Å². The van der Waals surface area contributed by atoms with Gasteiger partial charge >= 0.3 is 23.1 Å². The molecule has 2 nitrogen and oxygen atoms in total. The standard InChI is InChI=1S/2CHNS.Mg/c2*2-1-3;/h2*3H;/q;;+2/p-2. The predicted molar refractivity (Wildman–Crippen MR) is 31.7 cm³/mol. The molecule has 0 saturated heterocycles. The monoisotopic (exact) mass is 140 g/mol. The summed E-state index contributed by atoms with van der Waals surface area (Å²) in [5.41, 5.74) is 0. The van der Waals surface area contributed by atoms with Gasteiger partial charge in [-0.3, -0.25) is 0 Å². The molecular formula is C2MgN2S2. The van der Waals surface area contributed by atoms with Crippen molar-refractivity contribution in [2.75, 3.05) is 0 Å². The number of nitriles is 2. The fraction of sp³-hybridized carbons (Fsp3) is 0. The minimum absolute atomic E-state index is 0. The van der Waals surface area contributed by atoms with Crippen molar-refractivity contribution >= 4 is 48.3 Å². The van der Waals surface area contributed by atoms with Gasteiger partial charge in [0, 0.05) is 0 Å². The molecule has 0 N–H and O–H groups in total. The van der Waals surface area contributed by atoms with Crippen LogP contribution in [0, 0.1) is 21.3 Å². The van der Waals surface area contributed by atoms with Gasteiger partial charge in [-0.1, -0.05) is 10.8 Å². The van der Waals surface area contributed by atoms with Crippen LogP contribution in [0.25, 0.3) is 0 Å². The Morgan fingerprint density at radius 2 is 1.00 bits per heavy atom. The average Bonchev–Trinajstić information content (AvgIpc) is 1.39. The van der Waals surface area contributed by atoms with E-state index in [0.29, 0.717) is 0 Å². The molecule has 0 unspecified atom stereocenters. The summed E-state index contributed by atoms with van der Waals surface area (Å²) in [5.74, 6) is 0. The molecular weight excluding hydrogens is 140 g/mol. The molecule has 32 valence electrons. The average molecular weight is 140 g/mol. The van der Waals surface area contributed by atoms with E-state index in [-0.39, 0.29) is 23.1 Å². The van der Waals surface area contributed by atoms with Crippen molar-refractivity contribution in [1.29, 1.82) is 10.5 Å². The summed E-state index contributed by atoms with van der Waals surface area (Å²) in [6.07, 6.45) is 0. The molecule has 0 saturated carbocycles. The molecule has 0 fully saturated rings. The van der Waals surface area contributed by atoms with Crippen LogP contribution in [0.3, 0.4) is 0 Å². The number of hydrogen-bond donors (Lipinski definition) is 0. The van der Waals surface area contributed by atoms with Gasteiger partial charge in [0.25, 0.3) is 0 Å². The van der Waals surface area contributed by atoms with E-state index in [9.17, 15) is 0 Å². The fourth-order valence-electron chi connectivity index (χ4n) is 0. The molecule has 0 aromatic rings. The van der Waals surface area contributed by atoms with Crippen LogP contribution >= 0.6 is 0 Å². The Morgan fingerprint density at radius 1 is 1.00 bits per heavy atom. The second-order valence-corrected chi connectivity index (χ2v) is 0.548. The molecule has 0 bridgehead atoms. The van der Waals surface area contributed by atoms with Gasteiger partial charge in [-0.15, -0.1) is 0 Å². The first-order chi connectivity index (χ1) is 2.83. The number of nitrogens with zero attached hydrogens (tertiary/aromatic N) is 2. The summed E-state index contributed by atoms with van der Waals surface area (Å²) in [7, 11) is 0. The molecule has 0 amide bonds. The minimum Gasteiger partial charge on any atom is -0.696 e. The van der Waals surface area contributed by atoms with Gasteiger partial charge in [0.2, 0.25) is 0 Å². The van der Waals surface area contributed by atoms with Crippen molar-refractivity contribution in [3.05, 3.63) is 0 Å². The van der Waals surface area contributed by atoms with Crippen molar-refractivity contribution in [2.45, 2.75) is 0 Å². The maximum Gasteiger partial charge on any atom is 2.00 e. The van der Waals surface area contributed by atoms with Crippen molar-refractivity contribution in [1.82, 2.24) is 0 Å². The minimum atomic E-state index is 0. The molecule has 0 aliphatic heterocycles. The van der Waals surface area contributed by atoms with Crippen LogP contribution < -0.4 is 0 Å². The maximum atomic E-state index is 7.13. The van der Waals surface area contributed by atoms with Gasteiger partial charge < -0.3 is 25.3 Å². The zero-order valence-corrected chi connectivity index (χ0v) is 6.47. The molecule has 0 radical (unpaired) electrons. The second-order valence-electron chi connectivity index (χ2n) is 0.183. The maximum absolute atomic E-state index is 7.13. The molecule has 0 aliphatic rings. The third-order valence-corrected chi connectivity index (χ3v) is 0. The molecule has 5 heteroatoms. The Morgan fingerprint density at radius 3 is 1.00 bits per heavy atom. The Kier molecular flexibility index (Phi) is 78.0. The molecule has 0 rings (SSSR count). The third-order valence-electron chi connectivity index (χ3n) is 0. The van der Waals surface area contributed by atoms with E-state index in [2.05, 4.69) is 25.3 Å². The summed E-state index contributed by atoms with van der Waals surface area (Å²) in [6.45, 7) is 0. The van der Waals surface area contributed by atoms with E-state index in [1.807, 2.05) is 0 Å². The first-order valence-electron chi connectivity index (χ1n) is 0.855. The number of rotatable bonds is 0. The van der Waals surface area contributed by atoms with Crippen LogP contribution in [0.2, 0.25) is 0 Å². The first kappa shape index (κ1) is 15.7. The topological polar surface area (TPSA) is 47.6 Å². The van der Waals surface area contributed by atoms with Crippen LogP contribution in [0.4, 0.5) is 0 Å². The summed E-state index contributed by atoms with van der Waals surface area (Å²) >= 11 is 7.40. The van der Waals surface area contributed by atoms with Crippen molar-refractivity contribution in [3.8, 4) is 10.8 Å². The molecule has 7 heavy (non-hydrogen) atoms. The summed E-state index contributed by atoms with van der Waals surface area (Å²) in [5, 5.41) is 16.9. The quantitative estimate of drug-likeness (QED) is 0.262. The van der Waals surface area contributed by atoms with E-state index in [1.165, 1.54) is 10.8 Å². The van der Waals surface area contributed by atoms with E-state index in [4.69, 9.17) is 10.5 Å². The van der Waals surface area contributed by atoms with Gasteiger partial charge in [-0.05, 0) is 0 Å². The Bertz CT molecular complexity index is 68.7. The van der Waals surface area contributed by atoms with E-state index >= 15 is 0 Å². The predicted octanol–water partition coefficient (Wildman–Crippen LogP) is -0.352. The SMILES string of the molecule is N#C[S-].N#C[S-].[Mg+2]. The summed E-state index contributed by atoms with van der Waals surface area (Å²) in [6, 6.07) is 0. The number of thiocyanates is 2. The van der Waals surface area contributed by atoms with Crippen LogP contribution in [0.5, 0.6) is 0 Å². The molecule has 0 atom stereocenters. The largest absolute Gasteiger partial charge is 2.00 e. The Hall–Kier alpha value is 0.186. The second kappa shape index (κ2) is 34.8. The van der Waals surface area contributed by atoms with Gasteiger partial charge in [-0.2, -0.15) is 0 Å². The van der Waals surface area contributed by atoms with Crippen LogP contribution in [-0.4, -0.2) is 23.1 Å². The molecule has 0 spiro atoms. The van der Waals surface area contributed by atoms with Gasteiger partial charge in [0.1, 0.15) is 0 Å². The Balaban J connectivity index is -0.0000000400. The van der Waals surface area contributed by atoms with E-state index in [0.717, 1.165) is 0 Å². The van der Waals surface area contributed by atoms with Crippen molar-refractivity contribution in [2.24, 2.45) is 0 Å². The molecule has 0 aromatic carbocycles. The third kappa shape index (κ3) is 3130. The van der Waals surface area contributed by atoms with Gasteiger partial charge in [-0.25, -0.2) is 10.5 Å². The smallest absolute Gasteiger partial charge is 0.696 e. The normalized spacial score (nSPS) is 2.00. The number of hydrogen-bond acceptors (Lipinski definition) is 4. The summed E-state index contributed by atoms with van der Waals surface area (Å²) < 4.78 is 0. The molecule has 0 aromatic heterocycles. The zero-order chi connectivity index (χ0) is 5.41. The van der Waals surface area contributed by atoms with Crippen molar-refractivity contribution < 1.29 is 0 Å². The van der Waals surface area contributed by atoms with Crippen LogP contribution in [0.1, 0.15) is 0 Å². The fourth-order valence-corrected chi connectivity index (χ4v) is 0. The molecule has 0 aliphatic carbocycles. The zero-order valence-electron chi connectivity index (χ0n) is 3.42. The first-order valence-corrected chi connectivity index (χ1v) is 1.67.